The minimum absolute atomic E-state index is 0.255. The molecule has 0 radical (unpaired) electrons. The number of benzene rings is 1. The van der Waals surface area contributed by atoms with E-state index in [1.807, 2.05) is 31.2 Å². The van der Waals surface area contributed by atoms with Gasteiger partial charge < -0.3 is 14.2 Å². The van der Waals surface area contributed by atoms with Gasteiger partial charge in [-0.2, -0.15) is 0 Å². The lowest BCUT2D eigenvalue weighted by molar-refractivity contribution is -0.243. The highest BCUT2D eigenvalue weighted by atomic mass is 16.7. The lowest BCUT2D eigenvalue weighted by atomic mass is 9.95. The largest absolute Gasteiger partial charge is 0.489 e. The third-order valence-corrected chi connectivity index (χ3v) is 4.02. The minimum Gasteiger partial charge on any atom is -0.489 e. The highest BCUT2D eigenvalue weighted by molar-refractivity contribution is 5.28. The first-order chi connectivity index (χ1) is 10.6. The molecule has 0 aliphatic carbocycles. The molecule has 0 saturated carbocycles. The van der Waals surface area contributed by atoms with Crippen LogP contribution in [0.25, 0.3) is 0 Å². The van der Waals surface area contributed by atoms with Crippen LogP contribution < -0.4 is 4.74 Å². The van der Waals surface area contributed by atoms with Crippen LogP contribution in [0.1, 0.15) is 51.9 Å². The summed E-state index contributed by atoms with van der Waals surface area (Å²) in [5.74, 6) is 1.36. The van der Waals surface area contributed by atoms with Gasteiger partial charge in [-0.1, -0.05) is 39.0 Å². The molecule has 0 spiro atoms. The Morgan fingerprint density at radius 2 is 2.00 bits per heavy atom. The lowest BCUT2D eigenvalue weighted by Gasteiger charge is -2.36. The van der Waals surface area contributed by atoms with Crippen LogP contribution in [0.5, 0.6) is 5.75 Å². The van der Waals surface area contributed by atoms with Gasteiger partial charge in [0.1, 0.15) is 12.4 Å². The van der Waals surface area contributed by atoms with Crippen molar-refractivity contribution in [2.24, 2.45) is 5.92 Å². The molecule has 3 atom stereocenters. The summed E-state index contributed by atoms with van der Waals surface area (Å²) in [7, 11) is 0. The molecule has 22 heavy (non-hydrogen) atoms. The Bertz CT molecular complexity index is 466. The molecular formula is C19H28O3. The normalized spacial score (nSPS) is 25.0. The Morgan fingerprint density at radius 1 is 1.27 bits per heavy atom. The molecule has 1 heterocycles. The van der Waals surface area contributed by atoms with Gasteiger partial charge in [0.2, 0.25) is 0 Å². The molecule has 0 N–H and O–H groups in total. The van der Waals surface area contributed by atoms with Crippen LogP contribution in [0.15, 0.2) is 36.4 Å². The molecular weight excluding hydrogens is 276 g/mol. The number of hydrogen-bond acceptors (Lipinski definition) is 3. The average Bonchev–Trinajstić information content (AvgIpc) is 2.53. The van der Waals surface area contributed by atoms with Gasteiger partial charge in [-0.25, -0.2) is 0 Å². The van der Waals surface area contributed by atoms with Crippen molar-refractivity contribution in [3.8, 4) is 5.75 Å². The second-order valence-corrected chi connectivity index (χ2v) is 6.11. The molecule has 3 nitrogen and oxygen atoms in total. The van der Waals surface area contributed by atoms with E-state index in [2.05, 4.69) is 20.4 Å². The topological polar surface area (TPSA) is 27.7 Å². The van der Waals surface area contributed by atoms with E-state index < -0.39 is 0 Å². The SMILES string of the molecule is C=C(C)COc1ccc([C@H]2OC[C@H](CC)[C@@H](CCC)O2)cc1. The maximum absolute atomic E-state index is 6.18. The van der Waals surface area contributed by atoms with Crippen molar-refractivity contribution in [1.82, 2.24) is 0 Å². The van der Waals surface area contributed by atoms with Crippen LogP contribution in [0.3, 0.4) is 0 Å². The van der Waals surface area contributed by atoms with Crippen molar-refractivity contribution in [3.05, 3.63) is 42.0 Å². The molecule has 1 fully saturated rings. The Balaban J connectivity index is 1.97. The van der Waals surface area contributed by atoms with E-state index >= 15 is 0 Å². The first-order valence-corrected chi connectivity index (χ1v) is 8.28. The zero-order chi connectivity index (χ0) is 15.9. The van der Waals surface area contributed by atoms with Crippen LogP contribution in [0, 0.1) is 5.92 Å². The van der Waals surface area contributed by atoms with Gasteiger partial charge in [-0.15, -0.1) is 0 Å². The van der Waals surface area contributed by atoms with Crippen molar-refractivity contribution in [2.45, 2.75) is 52.4 Å². The summed E-state index contributed by atoms with van der Waals surface area (Å²) in [6.45, 7) is 11.5. The molecule has 1 aliphatic rings. The van der Waals surface area contributed by atoms with E-state index in [1.54, 1.807) is 0 Å². The zero-order valence-corrected chi connectivity index (χ0v) is 14.0. The molecule has 0 aromatic heterocycles. The van der Waals surface area contributed by atoms with E-state index in [0.717, 1.165) is 42.8 Å². The zero-order valence-electron chi connectivity index (χ0n) is 14.0. The van der Waals surface area contributed by atoms with Crippen LogP contribution in [-0.4, -0.2) is 19.3 Å². The Hall–Kier alpha value is -1.32. The van der Waals surface area contributed by atoms with Gasteiger partial charge >= 0.3 is 0 Å². The van der Waals surface area contributed by atoms with Crippen molar-refractivity contribution >= 4 is 0 Å². The fraction of sp³-hybridized carbons (Fsp3) is 0.579. The summed E-state index contributed by atoms with van der Waals surface area (Å²) in [5, 5.41) is 0. The highest BCUT2D eigenvalue weighted by Gasteiger charge is 2.30. The number of ether oxygens (including phenoxy) is 3. The van der Waals surface area contributed by atoms with Gasteiger partial charge in [0.15, 0.2) is 6.29 Å². The summed E-state index contributed by atoms with van der Waals surface area (Å²) < 4.78 is 17.7. The van der Waals surface area contributed by atoms with E-state index in [9.17, 15) is 0 Å². The molecule has 0 amide bonds. The summed E-state index contributed by atoms with van der Waals surface area (Å²) in [6, 6.07) is 7.97. The van der Waals surface area contributed by atoms with E-state index in [-0.39, 0.29) is 6.29 Å². The van der Waals surface area contributed by atoms with Gasteiger partial charge in [0, 0.05) is 11.5 Å². The Labute approximate surface area is 134 Å². The molecule has 122 valence electrons. The molecule has 1 saturated heterocycles. The smallest absolute Gasteiger partial charge is 0.184 e. The van der Waals surface area contributed by atoms with Gasteiger partial charge in [-0.3, -0.25) is 0 Å². The van der Waals surface area contributed by atoms with Gasteiger partial charge in [0.25, 0.3) is 0 Å². The van der Waals surface area contributed by atoms with Gasteiger partial charge in [-0.05, 0) is 37.5 Å². The standard InChI is InChI=1S/C19H28O3/c1-5-7-18-15(6-2)13-21-19(22-18)16-8-10-17(11-9-16)20-12-14(3)4/h8-11,15,18-19H,3,5-7,12-13H2,1-2,4H3/t15-,18+,19-/m0/s1. The number of hydrogen-bond donors (Lipinski definition) is 0. The average molecular weight is 304 g/mol. The van der Waals surface area contributed by atoms with Gasteiger partial charge in [0.05, 0.1) is 12.7 Å². The van der Waals surface area contributed by atoms with Crippen LogP contribution in [0.4, 0.5) is 0 Å². The predicted molar refractivity (Wildman–Crippen MR) is 89.0 cm³/mol. The summed E-state index contributed by atoms with van der Waals surface area (Å²) >= 11 is 0. The summed E-state index contributed by atoms with van der Waals surface area (Å²) in [6.07, 6.45) is 3.38. The second kappa shape index (κ2) is 8.35. The number of rotatable bonds is 7. The minimum atomic E-state index is -0.255. The monoisotopic (exact) mass is 304 g/mol. The van der Waals surface area contributed by atoms with E-state index in [0.29, 0.717) is 18.6 Å². The molecule has 1 aliphatic heterocycles. The molecule has 1 aromatic carbocycles. The fourth-order valence-corrected chi connectivity index (χ4v) is 2.70. The Morgan fingerprint density at radius 3 is 2.59 bits per heavy atom. The van der Waals surface area contributed by atoms with Crippen LogP contribution in [-0.2, 0) is 9.47 Å². The summed E-state index contributed by atoms with van der Waals surface area (Å²) in [5.41, 5.74) is 2.06. The molecule has 0 unspecified atom stereocenters. The van der Waals surface area contributed by atoms with Crippen molar-refractivity contribution < 1.29 is 14.2 Å². The molecule has 2 rings (SSSR count). The third-order valence-electron chi connectivity index (χ3n) is 4.02. The molecule has 0 bridgehead atoms. The van der Waals surface area contributed by atoms with Crippen molar-refractivity contribution in [3.63, 3.8) is 0 Å². The maximum atomic E-state index is 6.18. The van der Waals surface area contributed by atoms with E-state index in [1.165, 1.54) is 0 Å². The molecule has 1 aromatic rings. The Kier molecular flexibility index (Phi) is 6.47. The van der Waals surface area contributed by atoms with Crippen LogP contribution >= 0.6 is 0 Å². The summed E-state index contributed by atoms with van der Waals surface area (Å²) in [4.78, 5) is 0. The first-order valence-electron chi connectivity index (χ1n) is 8.28. The second-order valence-electron chi connectivity index (χ2n) is 6.11. The fourth-order valence-electron chi connectivity index (χ4n) is 2.70. The van der Waals surface area contributed by atoms with Crippen LogP contribution in [0.2, 0.25) is 0 Å². The van der Waals surface area contributed by atoms with Crippen molar-refractivity contribution in [1.29, 1.82) is 0 Å². The lowest BCUT2D eigenvalue weighted by Crippen LogP contribution is -2.35. The first kappa shape index (κ1) is 17.0. The maximum Gasteiger partial charge on any atom is 0.184 e. The third kappa shape index (κ3) is 4.59. The van der Waals surface area contributed by atoms with Crippen molar-refractivity contribution in [2.75, 3.05) is 13.2 Å². The molecule has 3 heteroatoms. The predicted octanol–water partition coefficient (Wildman–Crippen LogP) is 4.88. The van der Waals surface area contributed by atoms with E-state index in [4.69, 9.17) is 14.2 Å². The highest BCUT2D eigenvalue weighted by Crippen LogP contribution is 2.33. The quantitative estimate of drug-likeness (QED) is 0.672.